The number of aryl methyl sites for hydroxylation is 1. The van der Waals surface area contributed by atoms with Gasteiger partial charge in [-0.3, -0.25) is 4.79 Å². The Morgan fingerprint density at radius 2 is 1.70 bits per heavy atom. The van der Waals surface area contributed by atoms with Crippen LogP contribution in [-0.2, 0) is 9.59 Å². The number of carboxylic acids is 2. The van der Waals surface area contributed by atoms with Gasteiger partial charge in [-0.15, -0.1) is 0 Å². The predicted molar refractivity (Wildman–Crippen MR) is 66.5 cm³/mol. The van der Waals surface area contributed by atoms with Gasteiger partial charge in [-0.1, -0.05) is 18.2 Å². The first-order valence-electron chi connectivity index (χ1n) is 5.61. The second-order valence-electron chi connectivity index (χ2n) is 4.39. The molecule has 0 bridgehead atoms. The van der Waals surface area contributed by atoms with E-state index in [0.717, 1.165) is 0 Å². The van der Waals surface area contributed by atoms with Gasteiger partial charge in [0.15, 0.2) is 6.10 Å². The molecule has 20 heavy (non-hydrogen) atoms. The molecule has 0 aromatic heterocycles. The zero-order valence-corrected chi connectivity index (χ0v) is 10.8. The average molecular weight is 282 g/mol. The highest BCUT2D eigenvalue weighted by atomic mass is 16.4. The Labute approximate surface area is 114 Å². The van der Waals surface area contributed by atoms with Crippen LogP contribution < -0.4 is 0 Å². The summed E-state index contributed by atoms with van der Waals surface area (Å²) in [4.78, 5) is 34.0. The second-order valence-corrected chi connectivity index (χ2v) is 4.39. The number of benzene rings is 1. The summed E-state index contributed by atoms with van der Waals surface area (Å²) in [6.45, 7) is 3.19. The summed E-state index contributed by atoms with van der Waals surface area (Å²) in [6, 6.07) is 4.39. The van der Waals surface area contributed by atoms with Crippen LogP contribution in [-0.4, -0.2) is 49.9 Å². The molecule has 4 N–H and O–H groups in total. The molecule has 0 aliphatic rings. The third-order valence-electron chi connectivity index (χ3n) is 3.15. The molecule has 1 rings (SSSR count). The zero-order chi connectivity index (χ0) is 15.7. The molecule has 0 spiro atoms. The molecule has 0 aliphatic carbocycles. The van der Waals surface area contributed by atoms with Crippen molar-refractivity contribution < 1.29 is 34.8 Å². The van der Waals surface area contributed by atoms with Crippen molar-refractivity contribution in [2.75, 3.05) is 0 Å². The van der Waals surface area contributed by atoms with E-state index < -0.39 is 29.4 Å². The third-order valence-corrected chi connectivity index (χ3v) is 3.15. The van der Waals surface area contributed by atoms with E-state index in [2.05, 4.69) is 0 Å². The molecule has 7 nitrogen and oxygen atoms in total. The zero-order valence-electron chi connectivity index (χ0n) is 10.8. The van der Waals surface area contributed by atoms with E-state index in [0.29, 0.717) is 11.1 Å². The molecule has 0 fully saturated rings. The Balaban J connectivity index is 3.44. The Bertz CT molecular complexity index is 578. The molecule has 7 heteroatoms. The number of aliphatic hydroxyl groups is 2. The number of carbonyl (C=O) groups is 3. The van der Waals surface area contributed by atoms with E-state index in [1.54, 1.807) is 13.0 Å². The molecular weight excluding hydrogens is 268 g/mol. The lowest BCUT2D eigenvalue weighted by Gasteiger charge is -2.25. The molecule has 0 saturated heterocycles. The molecule has 2 unspecified atom stereocenters. The van der Waals surface area contributed by atoms with Crippen LogP contribution in [0.1, 0.15) is 21.5 Å². The summed E-state index contributed by atoms with van der Waals surface area (Å²) >= 11 is 0. The molecule has 0 saturated carbocycles. The molecule has 0 amide bonds. The van der Waals surface area contributed by atoms with Crippen molar-refractivity contribution >= 4 is 17.7 Å². The summed E-state index contributed by atoms with van der Waals surface area (Å²) in [6.07, 6.45) is -2.77. The average Bonchev–Trinajstić information content (AvgIpc) is 2.38. The third kappa shape index (κ3) is 2.40. The maximum Gasteiger partial charge on any atom is 0.347 e. The number of Topliss-reactive ketones (excluding diaryl/α,β-unsaturated/α-hetero) is 1. The number of hydrogen-bond acceptors (Lipinski definition) is 5. The van der Waals surface area contributed by atoms with Gasteiger partial charge in [0, 0.05) is 5.56 Å². The SMILES string of the molecule is Cc1cccc(C(=O)C(O)(C(=O)O)C(O)C(=O)O)c1C. The molecule has 2 atom stereocenters. The summed E-state index contributed by atoms with van der Waals surface area (Å²) in [5, 5.41) is 36.9. The summed E-state index contributed by atoms with van der Waals surface area (Å²) in [7, 11) is 0. The monoisotopic (exact) mass is 282 g/mol. The van der Waals surface area contributed by atoms with Gasteiger partial charge in [0.2, 0.25) is 5.78 Å². The van der Waals surface area contributed by atoms with Crippen LogP contribution in [0.15, 0.2) is 18.2 Å². The van der Waals surface area contributed by atoms with Crippen molar-refractivity contribution in [3.63, 3.8) is 0 Å². The summed E-state index contributed by atoms with van der Waals surface area (Å²) in [5.74, 6) is -5.51. The van der Waals surface area contributed by atoms with Crippen molar-refractivity contribution in [1.29, 1.82) is 0 Å². The number of aliphatic hydroxyl groups excluding tert-OH is 1. The molecular formula is C13H14O7. The van der Waals surface area contributed by atoms with Crippen molar-refractivity contribution in [1.82, 2.24) is 0 Å². The van der Waals surface area contributed by atoms with Crippen LogP contribution in [0.3, 0.4) is 0 Å². The lowest BCUT2D eigenvalue weighted by Crippen LogP contribution is -2.59. The molecule has 0 heterocycles. The van der Waals surface area contributed by atoms with Crippen molar-refractivity contribution in [3.05, 3.63) is 34.9 Å². The van der Waals surface area contributed by atoms with Crippen LogP contribution in [0.5, 0.6) is 0 Å². The van der Waals surface area contributed by atoms with Crippen LogP contribution >= 0.6 is 0 Å². The van der Waals surface area contributed by atoms with Crippen LogP contribution in [0.4, 0.5) is 0 Å². The predicted octanol–water partition coefficient (Wildman–Crippen LogP) is -0.253. The highest BCUT2D eigenvalue weighted by Gasteiger charge is 2.54. The highest BCUT2D eigenvalue weighted by Crippen LogP contribution is 2.23. The van der Waals surface area contributed by atoms with E-state index in [1.165, 1.54) is 19.1 Å². The largest absolute Gasteiger partial charge is 0.479 e. The molecule has 0 radical (unpaired) electrons. The smallest absolute Gasteiger partial charge is 0.347 e. The number of rotatable bonds is 5. The minimum Gasteiger partial charge on any atom is -0.479 e. The number of carbonyl (C=O) groups excluding carboxylic acids is 1. The Morgan fingerprint density at radius 1 is 1.15 bits per heavy atom. The molecule has 1 aromatic carbocycles. The van der Waals surface area contributed by atoms with E-state index >= 15 is 0 Å². The number of carboxylic acid groups (broad SMARTS) is 2. The van der Waals surface area contributed by atoms with Crippen LogP contribution in [0.2, 0.25) is 0 Å². The Kier molecular flexibility index (Phi) is 4.26. The van der Waals surface area contributed by atoms with Gasteiger partial charge in [0.1, 0.15) is 0 Å². The normalized spacial score (nSPS) is 15.2. The number of ketones is 1. The number of hydrogen-bond donors (Lipinski definition) is 4. The lowest BCUT2D eigenvalue weighted by molar-refractivity contribution is -0.175. The van der Waals surface area contributed by atoms with E-state index in [1.807, 2.05) is 0 Å². The number of aliphatic carboxylic acids is 2. The first-order chi connectivity index (χ1) is 9.13. The van der Waals surface area contributed by atoms with Gasteiger partial charge < -0.3 is 20.4 Å². The second kappa shape index (κ2) is 5.40. The van der Waals surface area contributed by atoms with Gasteiger partial charge in [-0.2, -0.15) is 0 Å². The molecule has 108 valence electrons. The fraction of sp³-hybridized carbons (Fsp3) is 0.308. The minimum atomic E-state index is -3.44. The van der Waals surface area contributed by atoms with Gasteiger partial charge in [0.25, 0.3) is 5.60 Å². The lowest BCUT2D eigenvalue weighted by atomic mass is 9.85. The topological polar surface area (TPSA) is 132 Å². The van der Waals surface area contributed by atoms with Crippen molar-refractivity contribution in [2.24, 2.45) is 0 Å². The van der Waals surface area contributed by atoms with Gasteiger partial charge in [-0.05, 0) is 25.0 Å². The van der Waals surface area contributed by atoms with Crippen LogP contribution in [0.25, 0.3) is 0 Å². The Morgan fingerprint density at radius 3 is 2.15 bits per heavy atom. The molecule has 0 aliphatic heterocycles. The van der Waals surface area contributed by atoms with Crippen LogP contribution in [0, 0.1) is 13.8 Å². The minimum absolute atomic E-state index is 0.157. The quantitative estimate of drug-likeness (QED) is 0.432. The maximum absolute atomic E-state index is 12.2. The van der Waals surface area contributed by atoms with E-state index in [9.17, 15) is 24.6 Å². The standard InChI is InChI=1S/C13H14O7/c1-6-4-3-5-8(7(6)2)9(14)13(20,12(18)19)10(15)11(16)17/h3-5,10,15,20H,1-2H3,(H,16,17)(H,18,19). The fourth-order valence-electron chi connectivity index (χ4n) is 1.72. The maximum atomic E-state index is 12.2. The Hall–Kier alpha value is -2.25. The van der Waals surface area contributed by atoms with Crippen molar-refractivity contribution in [2.45, 2.75) is 25.6 Å². The highest BCUT2D eigenvalue weighted by molar-refractivity contribution is 6.18. The van der Waals surface area contributed by atoms with E-state index in [4.69, 9.17) is 10.2 Å². The van der Waals surface area contributed by atoms with Crippen molar-refractivity contribution in [3.8, 4) is 0 Å². The van der Waals surface area contributed by atoms with Gasteiger partial charge in [0.05, 0.1) is 0 Å². The first kappa shape index (κ1) is 15.8. The first-order valence-corrected chi connectivity index (χ1v) is 5.61. The van der Waals surface area contributed by atoms with Gasteiger partial charge >= 0.3 is 11.9 Å². The summed E-state index contributed by atoms with van der Waals surface area (Å²) in [5.41, 5.74) is -2.54. The van der Waals surface area contributed by atoms with Gasteiger partial charge in [-0.25, -0.2) is 9.59 Å². The van der Waals surface area contributed by atoms with E-state index in [-0.39, 0.29) is 5.56 Å². The fourth-order valence-corrected chi connectivity index (χ4v) is 1.72. The summed E-state index contributed by atoms with van der Waals surface area (Å²) < 4.78 is 0. The molecule has 1 aromatic rings.